The van der Waals surface area contributed by atoms with Crippen LogP contribution in [0.25, 0.3) is 5.76 Å². The van der Waals surface area contributed by atoms with Gasteiger partial charge in [0.25, 0.3) is 11.7 Å². The topological polar surface area (TPSA) is 85.9 Å². The Bertz CT molecular complexity index is 1060. The number of ether oxygens (including phenoxy) is 1. The maximum Gasteiger partial charge on any atom is 0.295 e. The molecule has 0 saturated carbocycles. The first-order chi connectivity index (χ1) is 15.2. The van der Waals surface area contributed by atoms with Crippen molar-refractivity contribution < 1.29 is 19.4 Å². The van der Waals surface area contributed by atoms with Crippen LogP contribution in [0.5, 0.6) is 5.75 Å². The van der Waals surface area contributed by atoms with E-state index < -0.39 is 17.7 Å². The van der Waals surface area contributed by atoms with E-state index in [-0.39, 0.29) is 11.3 Å². The number of nitrogens with zero attached hydrogens (tertiary/aromatic N) is 2. The van der Waals surface area contributed by atoms with Crippen LogP contribution in [0.1, 0.15) is 34.1 Å². The summed E-state index contributed by atoms with van der Waals surface area (Å²) in [7, 11) is 3.82. The van der Waals surface area contributed by atoms with E-state index in [1.54, 1.807) is 18.2 Å². The van der Waals surface area contributed by atoms with Crippen LogP contribution in [-0.2, 0) is 9.59 Å². The average Bonchev–Trinajstić information content (AvgIpc) is 3.16. The summed E-state index contributed by atoms with van der Waals surface area (Å²) in [5.41, 5.74) is 3.93. The first-order valence-electron chi connectivity index (χ1n) is 10.6. The van der Waals surface area contributed by atoms with Gasteiger partial charge in [-0.2, -0.15) is 0 Å². The third-order valence-electron chi connectivity index (χ3n) is 5.82. The lowest BCUT2D eigenvalue weighted by Gasteiger charge is -2.26. The van der Waals surface area contributed by atoms with Crippen LogP contribution in [0.4, 0.5) is 0 Å². The molecule has 7 heteroatoms. The summed E-state index contributed by atoms with van der Waals surface area (Å²) in [6, 6.07) is 6.56. The normalized spacial score (nSPS) is 17.9. The Kier molecular flexibility index (Phi) is 6.89. The Balaban J connectivity index is 2.14. The highest BCUT2D eigenvalue weighted by Gasteiger charge is 2.46. The molecule has 1 aromatic carbocycles. The lowest BCUT2D eigenvalue weighted by Crippen LogP contribution is -2.35. The van der Waals surface area contributed by atoms with Gasteiger partial charge in [0, 0.05) is 30.0 Å². The number of aliphatic hydroxyl groups is 1. The number of aliphatic hydroxyl groups excluding tert-OH is 1. The zero-order valence-electron chi connectivity index (χ0n) is 19.4. The lowest BCUT2D eigenvalue weighted by atomic mass is 9.94. The van der Waals surface area contributed by atoms with Crippen LogP contribution in [0.2, 0.25) is 0 Å². The minimum atomic E-state index is -0.683. The van der Waals surface area contributed by atoms with E-state index in [0.717, 1.165) is 22.5 Å². The van der Waals surface area contributed by atoms with Gasteiger partial charge in [-0.3, -0.25) is 9.59 Å². The lowest BCUT2D eigenvalue weighted by molar-refractivity contribution is -0.140. The quantitative estimate of drug-likeness (QED) is 0.286. The number of H-pyrrole nitrogens is 1. The number of likely N-dealkylation sites (tertiary alicyclic amines) is 1. The Hall–Kier alpha value is -3.32. The van der Waals surface area contributed by atoms with Crippen molar-refractivity contribution in [2.75, 3.05) is 33.8 Å². The maximum atomic E-state index is 13.1. The van der Waals surface area contributed by atoms with Gasteiger partial charge in [0.05, 0.1) is 11.6 Å². The number of carbonyl (C=O) groups is 2. The van der Waals surface area contributed by atoms with Gasteiger partial charge in [-0.25, -0.2) is 0 Å². The van der Waals surface area contributed by atoms with E-state index >= 15 is 0 Å². The first-order valence-corrected chi connectivity index (χ1v) is 10.6. The number of aromatic amines is 1. The number of ketones is 1. The summed E-state index contributed by atoms with van der Waals surface area (Å²) in [5.74, 6) is -0.761. The number of hydrogen-bond donors (Lipinski definition) is 2. The molecule has 1 aliphatic heterocycles. The van der Waals surface area contributed by atoms with E-state index in [2.05, 4.69) is 11.6 Å². The zero-order valence-corrected chi connectivity index (χ0v) is 19.4. The molecule has 2 aromatic rings. The van der Waals surface area contributed by atoms with Gasteiger partial charge in [-0.1, -0.05) is 24.8 Å². The molecule has 170 valence electrons. The predicted molar refractivity (Wildman–Crippen MR) is 125 cm³/mol. The van der Waals surface area contributed by atoms with Gasteiger partial charge in [-0.05, 0) is 58.1 Å². The maximum absolute atomic E-state index is 13.1. The molecule has 32 heavy (non-hydrogen) atoms. The molecule has 0 radical (unpaired) electrons. The molecular weight excluding hydrogens is 406 g/mol. The fourth-order valence-corrected chi connectivity index (χ4v) is 4.06. The van der Waals surface area contributed by atoms with Gasteiger partial charge >= 0.3 is 0 Å². The van der Waals surface area contributed by atoms with Gasteiger partial charge < -0.3 is 24.6 Å². The van der Waals surface area contributed by atoms with Crippen LogP contribution in [0, 0.1) is 20.8 Å². The molecule has 1 fully saturated rings. The van der Waals surface area contributed by atoms with Crippen LogP contribution < -0.4 is 4.74 Å². The molecule has 1 saturated heterocycles. The van der Waals surface area contributed by atoms with E-state index in [1.807, 2.05) is 51.9 Å². The van der Waals surface area contributed by atoms with Crippen LogP contribution in [0.15, 0.2) is 42.5 Å². The molecule has 2 heterocycles. The molecule has 0 aliphatic carbocycles. The zero-order chi connectivity index (χ0) is 23.6. The first kappa shape index (κ1) is 23.3. The molecular formula is C25H31N3O4. The minimum absolute atomic E-state index is 0.110. The van der Waals surface area contributed by atoms with Gasteiger partial charge in [0.15, 0.2) is 0 Å². The smallest absolute Gasteiger partial charge is 0.295 e. The van der Waals surface area contributed by atoms with Gasteiger partial charge in [0.2, 0.25) is 0 Å². The molecule has 3 rings (SSSR count). The van der Waals surface area contributed by atoms with Crippen molar-refractivity contribution in [2.24, 2.45) is 0 Å². The van der Waals surface area contributed by atoms with Crippen molar-refractivity contribution in [3.63, 3.8) is 0 Å². The summed E-state index contributed by atoms with van der Waals surface area (Å²) in [5, 5.41) is 11.3. The fourth-order valence-electron chi connectivity index (χ4n) is 4.06. The number of nitrogens with one attached hydrogen (secondary N) is 1. The molecule has 1 aliphatic rings. The Morgan fingerprint density at radius 2 is 1.84 bits per heavy atom. The average molecular weight is 438 g/mol. The van der Waals surface area contributed by atoms with Crippen molar-refractivity contribution in [1.82, 2.24) is 14.8 Å². The summed E-state index contributed by atoms with van der Waals surface area (Å²) in [6.07, 6.45) is 1.66. The second-order valence-electron chi connectivity index (χ2n) is 8.34. The third kappa shape index (κ3) is 4.34. The van der Waals surface area contributed by atoms with Gasteiger partial charge in [-0.15, -0.1) is 0 Å². The Morgan fingerprint density at radius 1 is 1.19 bits per heavy atom. The van der Waals surface area contributed by atoms with E-state index in [0.29, 0.717) is 31.0 Å². The molecule has 7 nitrogen and oxygen atoms in total. The second-order valence-corrected chi connectivity index (χ2v) is 8.34. The van der Waals surface area contributed by atoms with Crippen molar-refractivity contribution in [3.05, 3.63) is 70.6 Å². The van der Waals surface area contributed by atoms with Crippen LogP contribution in [0.3, 0.4) is 0 Å². The summed E-state index contributed by atoms with van der Waals surface area (Å²) < 4.78 is 5.56. The summed E-state index contributed by atoms with van der Waals surface area (Å²) in [4.78, 5) is 32.8. The number of likely N-dealkylation sites (N-methyl/N-ethyl adjacent to an activating group) is 1. The number of amides is 1. The van der Waals surface area contributed by atoms with Crippen molar-refractivity contribution in [1.29, 1.82) is 0 Å². The highest BCUT2D eigenvalue weighted by molar-refractivity contribution is 6.46. The van der Waals surface area contributed by atoms with E-state index in [9.17, 15) is 14.7 Å². The van der Waals surface area contributed by atoms with E-state index in [4.69, 9.17) is 4.74 Å². The van der Waals surface area contributed by atoms with Gasteiger partial charge in [0.1, 0.15) is 18.1 Å². The van der Waals surface area contributed by atoms with Crippen LogP contribution in [-0.4, -0.2) is 65.4 Å². The highest BCUT2D eigenvalue weighted by atomic mass is 16.5. The molecule has 2 N–H and O–H groups in total. The molecule has 0 bridgehead atoms. The number of aryl methyl sites for hydroxylation is 2. The molecule has 0 spiro atoms. The van der Waals surface area contributed by atoms with Crippen molar-refractivity contribution in [2.45, 2.75) is 26.8 Å². The largest absolute Gasteiger partial charge is 0.507 e. The second kappa shape index (κ2) is 9.44. The molecule has 1 aromatic heterocycles. The Labute approximate surface area is 189 Å². The number of carbonyl (C=O) groups excluding carboxylic acids is 2. The van der Waals surface area contributed by atoms with Crippen molar-refractivity contribution in [3.8, 4) is 5.75 Å². The van der Waals surface area contributed by atoms with E-state index in [1.165, 1.54) is 4.90 Å². The predicted octanol–water partition coefficient (Wildman–Crippen LogP) is 3.49. The molecule has 1 amide bonds. The Morgan fingerprint density at radius 3 is 2.38 bits per heavy atom. The number of rotatable bonds is 8. The minimum Gasteiger partial charge on any atom is -0.507 e. The molecule has 1 unspecified atom stereocenters. The highest BCUT2D eigenvalue weighted by Crippen LogP contribution is 2.41. The SMILES string of the molecule is C=CCOc1ccc(C2/C(=C(\O)c3c(C)[nH]c(C)c3C)C(=O)C(=O)N2CCN(C)C)cc1. The van der Waals surface area contributed by atoms with Crippen molar-refractivity contribution >= 4 is 17.4 Å². The van der Waals surface area contributed by atoms with Crippen LogP contribution >= 0.6 is 0 Å². The number of hydrogen-bond acceptors (Lipinski definition) is 5. The number of benzene rings is 1. The standard InChI is InChI=1S/C25H31N3O4/c1-7-14-32-19-10-8-18(9-11-19)22-21(23(29)20-15(2)16(3)26-17(20)4)24(30)25(31)28(22)13-12-27(5)6/h7-11,22,26,29H,1,12-14H2,2-6H3/b23-21+. The molecule has 1 atom stereocenters. The number of aromatic nitrogens is 1. The fraction of sp³-hybridized carbons (Fsp3) is 0.360. The monoisotopic (exact) mass is 437 g/mol. The third-order valence-corrected chi connectivity index (χ3v) is 5.82. The summed E-state index contributed by atoms with van der Waals surface area (Å²) in [6.45, 7) is 10.6. The summed E-state index contributed by atoms with van der Waals surface area (Å²) >= 11 is 0. The number of Topliss-reactive ketones (excluding diaryl/α,β-unsaturated/α-hetero) is 1.